The fraction of sp³-hybridized carbons (Fsp3) is 0.0769. The molecule has 5 heteroatoms. The number of hydrogen-bond acceptors (Lipinski definition) is 3. The maximum Gasteiger partial charge on any atom is 0.339 e. The van der Waals surface area contributed by atoms with Gasteiger partial charge in [-0.15, -0.1) is 0 Å². The first-order valence-electron chi connectivity index (χ1n) is 10.0. The molecule has 0 heterocycles. The van der Waals surface area contributed by atoms with Crippen LogP contribution in [0.3, 0.4) is 0 Å². The first kappa shape index (κ1) is 20.2. The molecule has 0 aliphatic heterocycles. The van der Waals surface area contributed by atoms with Gasteiger partial charge >= 0.3 is 6.03 Å². The predicted octanol–water partition coefficient (Wildman–Crippen LogP) is 5.88. The molecule has 0 saturated carbocycles. The van der Waals surface area contributed by atoms with Crippen LogP contribution in [-0.4, -0.2) is 12.2 Å². The van der Waals surface area contributed by atoms with Gasteiger partial charge in [-0.05, 0) is 47.0 Å². The summed E-state index contributed by atoms with van der Waals surface area (Å²) < 4.78 is 6.08. The van der Waals surface area contributed by atoms with E-state index in [1.807, 2.05) is 73.7 Å². The zero-order chi connectivity index (χ0) is 21.5. The van der Waals surface area contributed by atoms with Gasteiger partial charge in [0.25, 0.3) is 0 Å². The number of hydrogen-bond donors (Lipinski definition) is 2. The molecule has 0 aliphatic rings. The summed E-state index contributed by atoms with van der Waals surface area (Å²) in [4.78, 5) is 12.1. The summed E-state index contributed by atoms with van der Waals surface area (Å²) in [6.07, 6.45) is 1.58. The second kappa shape index (κ2) is 9.59. The first-order chi connectivity index (χ1) is 15.2. The molecule has 2 amide bonds. The van der Waals surface area contributed by atoms with Crippen molar-refractivity contribution < 1.29 is 9.53 Å². The lowest BCUT2D eigenvalue weighted by Crippen LogP contribution is -2.24. The van der Waals surface area contributed by atoms with E-state index in [1.54, 1.807) is 6.21 Å². The Balaban J connectivity index is 1.41. The van der Waals surface area contributed by atoms with Crippen LogP contribution < -0.4 is 15.5 Å². The van der Waals surface area contributed by atoms with Crippen molar-refractivity contribution in [2.24, 2.45) is 5.10 Å². The molecule has 0 bridgehead atoms. The Bertz CT molecular complexity index is 1230. The number of fused-ring (bicyclic) bond motifs is 1. The number of urea groups is 1. The molecule has 0 aliphatic carbocycles. The third kappa shape index (κ3) is 5.08. The van der Waals surface area contributed by atoms with Crippen molar-refractivity contribution >= 4 is 28.7 Å². The van der Waals surface area contributed by atoms with Gasteiger partial charge in [0, 0.05) is 11.3 Å². The van der Waals surface area contributed by atoms with Gasteiger partial charge in [0.1, 0.15) is 12.4 Å². The zero-order valence-electron chi connectivity index (χ0n) is 17.2. The Hall–Kier alpha value is -4.12. The van der Waals surface area contributed by atoms with Crippen LogP contribution >= 0.6 is 0 Å². The number of para-hydroxylation sites is 2. The van der Waals surface area contributed by atoms with Crippen LogP contribution in [0.5, 0.6) is 5.75 Å². The quantitative estimate of drug-likeness (QED) is 0.308. The van der Waals surface area contributed by atoms with E-state index in [2.05, 4.69) is 40.1 Å². The van der Waals surface area contributed by atoms with Crippen molar-refractivity contribution in [1.82, 2.24) is 5.43 Å². The molecule has 0 saturated heterocycles. The Labute approximate surface area is 181 Å². The van der Waals surface area contributed by atoms with Crippen LogP contribution in [0.15, 0.2) is 96.1 Å². The lowest BCUT2D eigenvalue weighted by atomic mass is 10.1. The largest absolute Gasteiger partial charge is 0.488 e. The van der Waals surface area contributed by atoms with Gasteiger partial charge in [-0.3, -0.25) is 0 Å². The number of benzene rings is 4. The molecule has 5 nitrogen and oxygen atoms in total. The summed E-state index contributed by atoms with van der Waals surface area (Å²) in [5.74, 6) is 0.695. The number of carbonyl (C=O) groups excluding carboxylic acids is 1. The van der Waals surface area contributed by atoms with E-state index < -0.39 is 6.03 Å². The van der Waals surface area contributed by atoms with Crippen LogP contribution in [0.4, 0.5) is 10.5 Å². The summed E-state index contributed by atoms with van der Waals surface area (Å²) in [6, 6.07) is 29.2. The van der Waals surface area contributed by atoms with Crippen molar-refractivity contribution in [3.8, 4) is 5.75 Å². The molecule has 2 N–H and O–H groups in total. The van der Waals surface area contributed by atoms with Crippen molar-refractivity contribution in [3.63, 3.8) is 0 Å². The lowest BCUT2D eigenvalue weighted by Gasteiger charge is -2.11. The molecule has 0 spiro atoms. The third-order valence-electron chi connectivity index (χ3n) is 4.95. The van der Waals surface area contributed by atoms with E-state index in [0.29, 0.717) is 12.4 Å². The molecule has 0 unspecified atom stereocenters. The van der Waals surface area contributed by atoms with Gasteiger partial charge in [-0.2, -0.15) is 5.10 Å². The Morgan fingerprint density at radius 1 is 0.903 bits per heavy atom. The van der Waals surface area contributed by atoms with Crippen molar-refractivity contribution in [2.45, 2.75) is 13.5 Å². The minimum Gasteiger partial charge on any atom is -0.488 e. The molecular formula is C26H23N3O2. The molecule has 4 aromatic carbocycles. The van der Waals surface area contributed by atoms with Gasteiger partial charge in [0.05, 0.1) is 6.21 Å². The molecule has 4 rings (SSSR count). The summed E-state index contributed by atoms with van der Waals surface area (Å²) in [6.45, 7) is 2.37. The SMILES string of the molecule is Cc1ccccc1NC(=O)NN=Cc1ccccc1OCc1cccc2ccccc12. The first-order valence-corrected chi connectivity index (χ1v) is 10.0. The van der Waals surface area contributed by atoms with Gasteiger partial charge < -0.3 is 10.1 Å². The zero-order valence-corrected chi connectivity index (χ0v) is 17.2. The van der Waals surface area contributed by atoms with Gasteiger partial charge in [0.2, 0.25) is 0 Å². The average molecular weight is 409 g/mol. The highest BCUT2D eigenvalue weighted by Gasteiger charge is 2.05. The maximum atomic E-state index is 12.1. The highest BCUT2D eigenvalue weighted by molar-refractivity contribution is 5.91. The standard InChI is InChI=1S/C26H23N3O2/c1-19-9-2-6-15-24(19)28-26(30)29-27-17-21-11-4-7-16-25(21)31-18-22-13-8-12-20-10-3-5-14-23(20)22/h2-17H,18H2,1H3,(H2,28,29,30). The number of amides is 2. The molecule has 0 aromatic heterocycles. The molecule has 4 aromatic rings. The second-order valence-electron chi connectivity index (χ2n) is 7.10. The monoisotopic (exact) mass is 409 g/mol. The number of rotatable bonds is 6. The predicted molar refractivity (Wildman–Crippen MR) is 126 cm³/mol. The second-order valence-corrected chi connectivity index (χ2v) is 7.10. The van der Waals surface area contributed by atoms with Crippen molar-refractivity contribution in [1.29, 1.82) is 0 Å². The fourth-order valence-electron chi connectivity index (χ4n) is 3.32. The number of aryl methyl sites for hydroxylation is 1. The fourth-order valence-corrected chi connectivity index (χ4v) is 3.32. The van der Waals surface area contributed by atoms with E-state index in [0.717, 1.165) is 22.4 Å². The van der Waals surface area contributed by atoms with Crippen LogP contribution in [0.2, 0.25) is 0 Å². The highest BCUT2D eigenvalue weighted by Crippen LogP contribution is 2.22. The summed E-state index contributed by atoms with van der Waals surface area (Å²) in [5.41, 5.74) is 6.11. The molecule has 154 valence electrons. The van der Waals surface area contributed by atoms with E-state index in [1.165, 1.54) is 10.8 Å². The Morgan fingerprint density at radius 2 is 1.65 bits per heavy atom. The van der Waals surface area contributed by atoms with E-state index in [9.17, 15) is 4.79 Å². The minimum atomic E-state index is -0.403. The maximum absolute atomic E-state index is 12.1. The number of carbonyl (C=O) groups is 1. The average Bonchev–Trinajstić information content (AvgIpc) is 2.80. The van der Waals surface area contributed by atoms with Crippen LogP contribution in [-0.2, 0) is 6.61 Å². The minimum absolute atomic E-state index is 0.403. The van der Waals surface area contributed by atoms with Crippen molar-refractivity contribution in [2.75, 3.05) is 5.32 Å². The lowest BCUT2D eigenvalue weighted by molar-refractivity contribution is 0.252. The Kier molecular flexibility index (Phi) is 6.24. The Morgan fingerprint density at radius 3 is 2.55 bits per heavy atom. The summed E-state index contributed by atoms with van der Waals surface area (Å²) in [7, 11) is 0. The number of nitrogens with zero attached hydrogens (tertiary/aromatic N) is 1. The number of hydrazone groups is 1. The van der Waals surface area contributed by atoms with E-state index in [-0.39, 0.29) is 0 Å². The summed E-state index contributed by atoms with van der Waals surface area (Å²) in [5, 5.41) is 9.20. The van der Waals surface area contributed by atoms with Gasteiger partial charge in [0.15, 0.2) is 0 Å². The van der Waals surface area contributed by atoms with Gasteiger partial charge in [-0.1, -0.05) is 72.8 Å². The molecule has 31 heavy (non-hydrogen) atoms. The number of ether oxygens (including phenoxy) is 1. The molecule has 0 atom stereocenters. The smallest absolute Gasteiger partial charge is 0.339 e. The molecular weight excluding hydrogens is 386 g/mol. The highest BCUT2D eigenvalue weighted by atomic mass is 16.5. The topological polar surface area (TPSA) is 62.7 Å². The third-order valence-corrected chi connectivity index (χ3v) is 4.95. The number of anilines is 1. The van der Waals surface area contributed by atoms with E-state index >= 15 is 0 Å². The summed E-state index contributed by atoms with van der Waals surface area (Å²) >= 11 is 0. The number of nitrogens with one attached hydrogen (secondary N) is 2. The molecule has 0 fully saturated rings. The van der Waals surface area contributed by atoms with Crippen LogP contribution in [0.25, 0.3) is 10.8 Å². The molecule has 0 radical (unpaired) electrons. The van der Waals surface area contributed by atoms with Crippen LogP contribution in [0, 0.1) is 6.92 Å². The van der Waals surface area contributed by atoms with Gasteiger partial charge in [-0.25, -0.2) is 10.2 Å². The van der Waals surface area contributed by atoms with Crippen LogP contribution in [0.1, 0.15) is 16.7 Å². The van der Waals surface area contributed by atoms with E-state index in [4.69, 9.17) is 4.74 Å². The normalized spacial score (nSPS) is 10.9. The van der Waals surface area contributed by atoms with Crippen molar-refractivity contribution in [3.05, 3.63) is 108 Å².